The normalized spacial score (nSPS) is 14.0. The number of benzene rings is 2. The number of nitrogens with one attached hydrogen (secondary N) is 1. The highest BCUT2D eigenvalue weighted by Crippen LogP contribution is 2.41. The number of pyridine rings is 1. The summed E-state index contributed by atoms with van der Waals surface area (Å²) in [7, 11) is 1.65. The molecule has 2 aromatic heterocycles. The summed E-state index contributed by atoms with van der Waals surface area (Å²) >= 11 is 1.37. The van der Waals surface area contributed by atoms with Crippen LogP contribution in [0.1, 0.15) is 35.4 Å². The molecule has 0 spiro atoms. The van der Waals surface area contributed by atoms with Gasteiger partial charge in [-0.3, -0.25) is 4.79 Å². The molecule has 32 heavy (non-hydrogen) atoms. The Kier molecular flexibility index (Phi) is 5.53. The van der Waals surface area contributed by atoms with E-state index in [1.807, 2.05) is 54.6 Å². The van der Waals surface area contributed by atoms with Gasteiger partial charge in [-0.05, 0) is 42.2 Å². The summed E-state index contributed by atoms with van der Waals surface area (Å²) in [4.78, 5) is 19.3. The Balaban J connectivity index is 1.66. The Morgan fingerprint density at radius 3 is 2.47 bits per heavy atom. The first-order valence-corrected chi connectivity index (χ1v) is 11.7. The van der Waals surface area contributed by atoms with Gasteiger partial charge in [-0.2, -0.15) is 0 Å². The highest BCUT2D eigenvalue weighted by molar-refractivity contribution is 7.21. The van der Waals surface area contributed by atoms with E-state index >= 15 is 0 Å². The summed E-state index contributed by atoms with van der Waals surface area (Å²) in [5, 5.41) is 3.99. The van der Waals surface area contributed by atoms with Crippen molar-refractivity contribution in [1.82, 2.24) is 10.3 Å². The van der Waals surface area contributed by atoms with Gasteiger partial charge in [0.25, 0.3) is 5.91 Å². The van der Waals surface area contributed by atoms with Crippen LogP contribution >= 0.6 is 11.3 Å². The van der Waals surface area contributed by atoms with Crippen molar-refractivity contribution < 1.29 is 9.53 Å². The van der Waals surface area contributed by atoms with Gasteiger partial charge in [-0.15, -0.1) is 11.3 Å². The Morgan fingerprint density at radius 2 is 1.78 bits per heavy atom. The van der Waals surface area contributed by atoms with Crippen LogP contribution in [0.3, 0.4) is 0 Å². The van der Waals surface area contributed by atoms with E-state index in [1.54, 1.807) is 7.11 Å². The largest absolute Gasteiger partial charge is 0.497 e. The predicted molar refractivity (Wildman–Crippen MR) is 131 cm³/mol. The molecule has 0 unspecified atom stereocenters. The van der Waals surface area contributed by atoms with Gasteiger partial charge in [0.15, 0.2) is 0 Å². The zero-order chi connectivity index (χ0) is 22.1. The van der Waals surface area contributed by atoms with Crippen LogP contribution in [0.25, 0.3) is 32.6 Å². The molecule has 0 atom stereocenters. The highest BCUT2D eigenvalue weighted by atomic mass is 32.1. The molecule has 0 bridgehead atoms. The number of nitrogen functional groups attached to an aromatic ring is 1. The lowest BCUT2D eigenvalue weighted by atomic mass is 9.99. The van der Waals surface area contributed by atoms with Crippen LogP contribution in [0.15, 0.2) is 60.7 Å². The maximum absolute atomic E-state index is 13.1. The van der Waals surface area contributed by atoms with Crippen molar-refractivity contribution in [1.29, 1.82) is 0 Å². The van der Waals surface area contributed by atoms with Gasteiger partial charge < -0.3 is 15.8 Å². The maximum atomic E-state index is 13.1. The molecule has 1 aliphatic carbocycles. The zero-order valence-electron chi connectivity index (χ0n) is 17.9. The van der Waals surface area contributed by atoms with Crippen molar-refractivity contribution in [3.05, 3.63) is 65.5 Å². The third-order valence-electron chi connectivity index (χ3n) is 6.07. The number of nitrogens with two attached hydrogens (primary N) is 1. The first-order chi connectivity index (χ1) is 15.6. The van der Waals surface area contributed by atoms with Crippen LogP contribution in [-0.4, -0.2) is 24.0 Å². The summed E-state index contributed by atoms with van der Waals surface area (Å²) in [6.45, 7) is 0. The number of carbonyl (C=O) groups is 1. The number of ether oxygens (including phenoxy) is 1. The number of nitrogens with zero attached hydrogens (tertiary/aromatic N) is 1. The molecule has 6 heteroatoms. The number of fused-ring (bicyclic) bond motifs is 1. The van der Waals surface area contributed by atoms with Crippen LogP contribution in [0.4, 0.5) is 5.69 Å². The molecule has 5 rings (SSSR count). The monoisotopic (exact) mass is 443 g/mol. The first-order valence-electron chi connectivity index (χ1n) is 10.9. The lowest BCUT2D eigenvalue weighted by Gasteiger charge is -2.11. The van der Waals surface area contributed by atoms with E-state index in [1.165, 1.54) is 11.3 Å². The van der Waals surface area contributed by atoms with E-state index in [0.717, 1.165) is 64.0 Å². The second kappa shape index (κ2) is 8.63. The number of carbonyl (C=O) groups excluding carboxylic acids is 1. The fourth-order valence-corrected chi connectivity index (χ4v) is 5.39. The molecule has 0 radical (unpaired) electrons. The second-order valence-corrected chi connectivity index (χ2v) is 9.13. The number of methoxy groups -OCH3 is 1. The molecule has 0 aliphatic heterocycles. The molecule has 2 aromatic carbocycles. The summed E-state index contributed by atoms with van der Waals surface area (Å²) in [6.07, 6.45) is 4.39. The number of anilines is 1. The van der Waals surface area contributed by atoms with E-state index < -0.39 is 0 Å². The number of hydrogen-bond acceptors (Lipinski definition) is 5. The van der Waals surface area contributed by atoms with Crippen molar-refractivity contribution in [2.24, 2.45) is 0 Å². The molecule has 1 amide bonds. The zero-order valence-corrected chi connectivity index (χ0v) is 18.7. The third-order valence-corrected chi connectivity index (χ3v) is 7.16. The Morgan fingerprint density at radius 1 is 1.06 bits per heavy atom. The maximum Gasteiger partial charge on any atom is 0.263 e. The van der Waals surface area contributed by atoms with E-state index in [2.05, 4.69) is 11.4 Å². The molecule has 162 valence electrons. The quantitative estimate of drug-likeness (QED) is 0.403. The molecule has 0 saturated heterocycles. The van der Waals surface area contributed by atoms with Gasteiger partial charge in [0.1, 0.15) is 15.5 Å². The highest BCUT2D eigenvalue weighted by Gasteiger charge is 2.24. The van der Waals surface area contributed by atoms with Crippen molar-refractivity contribution in [3.8, 4) is 28.1 Å². The predicted octanol–water partition coefficient (Wildman–Crippen LogP) is 5.89. The molecular formula is C26H25N3O2S. The van der Waals surface area contributed by atoms with Crippen LogP contribution in [-0.2, 0) is 0 Å². The standard InChI is InChI=1S/C26H25N3O2S/c1-31-19-13-11-16(12-14-19)20-15-21(17-7-3-2-4-8-17)29-26-22(20)23(27)24(32-26)25(30)28-18-9-5-6-10-18/h2-4,7-8,11-15,18H,5-6,9-10,27H2,1H3,(H,28,30). The SMILES string of the molecule is COc1ccc(-c2cc(-c3ccccc3)nc3sc(C(=O)NC4CCCC4)c(N)c23)cc1. The average molecular weight is 444 g/mol. The van der Waals surface area contributed by atoms with Crippen molar-refractivity contribution >= 4 is 33.1 Å². The topological polar surface area (TPSA) is 77.2 Å². The van der Waals surface area contributed by atoms with E-state index in [0.29, 0.717) is 10.6 Å². The lowest BCUT2D eigenvalue weighted by Crippen LogP contribution is -2.32. The van der Waals surface area contributed by atoms with Gasteiger partial charge >= 0.3 is 0 Å². The molecular weight excluding hydrogens is 418 g/mol. The summed E-state index contributed by atoms with van der Waals surface area (Å²) in [5.41, 5.74) is 10.9. The van der Waals surface area contributed by atoms with Crippen molar-refractivity contribution in [2.45, 2.75) is 31.7 Å². The number of aromatic nitrogens is 1. The van der Waals surface area contributed by atoms with Gasteiger partial charge in [0, 0.05) is 17.0 Å². The third kappa shape index (κ3) is 3.82. The number of rotatable bonds is 5. The fraction of sp³-hybridized carbons (Fsp3) is 0.231. The molecule has 5 nitrogen and oxygen atoms in total. The van der Waals surface area contributed by atoms with Crippen LogP contribution in [0, 0.1) is 0 Å². The molecule has 1 fully saturated rings. The van der Waals surface area contributed by atoms with Gasteiger partial charge in [-0.1, -0.05) is 55.3 Å². The van der Waals surface area contributed by atoms with Crippen LogP contribution in [0.2, 0.25) is 0 Å². The molecule has 1 aliphatic rings. The Labute approximate surface area is 191 Å². The van der Waals surface area contributed by atoms with E-state index in [9.17, 15) is 4.79 Å². The smallest absolute Gasteiger partial charge is 0.263 e. The Hall–Kier alpha value is -3.38. The van der Waals surface area contributed by atoms with Gasteiger partial charge in [0.2, 0.25) is 0 Å². The molecule has 4 aromatic rings. The van der Waals surface area contributed by atoms with E-state index in [-0.39, 0.29) is 11.9 Å². The lowest BCUT2D eigenvalue weighted by molar-refractivity contribution is 0.0943. The van der Waals surface area contributed by atoms with Crippen molar-refractivity contribution in [3.63, 3.8) is 0 Å². The summed E-state index contributed by atoms with van der Waals surface area (Å²) < 4.78 is 5.32. The number of hydrogen-bond donors (Lipinski definition) is 2. The Bertz CT molecular complexity index is 1260. The minimum atomic E-state index is -0.0978. The fourth-order valence-electron chi connectivity index (χ4n) is 4.37. The average Bonchev–Trinajstić information content (AvgIpc) is 3.47. The first kappa shape index (κ1) is 20.5. The van der Waals surface area contributed by atoms with E-state index in [4.69, 9.17) is 15.5 Å². The molecule has 2 heterocycles. The van der Waals surface area contributed by atoms with Gasteiger partial charge in [-0.25, -0.2) is 4.98 Å². The minimum absolute atomic E-state index is 0.0978. The molecule has 1 saturated carbocycles. The van der Waals surface area contributed by atoms with Crippen LogP contribution in [0.5, 0.6) is 5.75 Å². The summed E-state index contributed by atoms with van der Waals surface area (Å²) in [6, 6.07) is 20.2. The van der Waals surface area contributed by atoms with Crippen LogP contribution < -0.4 is 15.8 Å². The number of thiophene rings is 1. The van der Waals surface area contributed by atoms with Gasteiger partial charge in [0.05, 0.1) is 18.5 Å². The van der Waals surface area contributed by atoms with Crippen molar-refractivity contribution in [2.75, 3.05) is 12.8 Å². The minimum Gasteiger partial charge on any atom is -0.497 e. The second-order valence-electron chi connectivity index (χ2n) is 8.13. The molecule has 3 N–H and O–H groups in total. The number of amides is 1. The summed E-state index contributed by atoms with van der Waals surface area (Å²) in [5.74, 6) is 0.691.